The van der Waals surface area contributed by atoms with E-state index < -0.39 is 0 Å². The zero-order valence-electron chi connectivity index (χ0n) is 9.33. The molecule has 0 saturated carbocycles. The molecular formula is C12H20N2O. The van der Waals surface area contributed by atoms with Crippen molar-refractivity contribution >= 4 is 11.4 Å². The van der Waals surface area contributed by atoms with Gasteiger partial charge in [0.15, 0.2) is 0 Å². The van der Waals surface area contributed by atoms with E-state index in [2.05, 4.69) is 12.2 Å². The molecule has 0 bridgehead atoms. The van der Waals surface area contributed by atoms with E-state index >= 15 is 0 Å². The second kappa shape index (κ2) is 7.12. The van der Waals surface area contributed by atoms with Gasteiger partial charge in [0.25, 0.3) is 0 Å². The third-order valence-electron chi connectivity index (χ3n) is 2.16. The van der Waals surface area contributed by atoms with E-state index in [0.717, 1.165) is 37.6 Å². The molecule has 15 heavy (non-hydrogen) atoms. The topological polar surface area (TPSA) is 47.3 Å². The number of nitrogens with two attached hydrogens (primary N) is 1. The minimum absolute atomic E-state index is 0.730. The number of ether oxygens (including phenoxy) is 1. The first-order valence-electron chi connectivity index (χ1n) is 5.50. The standard InChI is InChI=1S/C12H20N2O/c1-2-3-9-15-10-8-14-12-7-5-4-6-11(12)13/h4-7,14H,2-3,8-10,13H2,1H3. The molecule has 1 aromatic rings. The molecule has 0 aliphatic rings. The summed E-state index contributed by atoms with van der Waals surface area (Å²) in [5.74, 6) is 0. The lowest BCUT2D eigenvalue weighted by molar-refractivity contribution is 0.141. The highest BCUT2D eigenvalue weighted by molar-refractivity contribution is 5.65. The van der Waals surface area contributed by atoms with Gasteiger partial charge >= 0.3 is 0 Å². The summed E-state index contributed by atoms with van der Waals surface area (Å²) in [4.78, 5) is 0. The van der Waals surface area contributed by atoms with E-state index in [0.29, 0.717) is 0 Å². The smallest absolute Gasteiger partial charge is 0.0639 e. The second-order valence-corrected chi connectivity index (χ2v) is 3.48. The predicted molar refractivity (Wildman–Crippen MR) is 65.1 cm³/mol. The summed E-state index contributed by atoms with van der Waals surface area (Å²) in [6.07, 6.45) is 2.31. The van der Waals surface area contributed by atoms with Gasteiger partial charge in [-0.2, -0.15) is 0 Å². The molecule has 0 radical (unpaired) electrons. The van der Waals surface area contributed by atoms with E-state index in [9.17, 15) is 0 Å². The summed E-state index contributed by atoms with van der Waals surface area (Å²) in [5.41, 5.74) is 7.55. The zero-order chi connectivity index (χ0) is 10.9. The number of hydrogen-bond donors (Lipinski definition) is 2. The van der Waals surface area contributed by atoms with Crippen LogP contribution in [0.25, 0.3) is 0 Å². The van der Waals surface area contributed by atoms with Gasteiger partial charge in [0.2, 0.25) is 0 Å². The van der Waals surface area contributed by atoms with E-state index in [1.807, 2.05) is 24.3 Å². The fourth-order valence-corrected chi connectivity index (χ4v) is 1.26. The summed E-state index contributed by atoms with van der Waals surface area (Å²) in [5, 5.41) is 3.24. The molecule has 0 spiro atoms. The Bertz CT molecular complexity index is 276. The van der Waals surface area contributed by atoms with Gasteiger partial charge in [0, 0.05) is 13.2 Å². The molecule has 0 aromatic heterocycles. The van der Waals surface area contributed by atoms with Gasteiger partial charge in [-0.15, -0.1) is 0 Å². The summed E-state index contributed by atoms with van der Waals surface area (Å²) >= 11 is 0. The number of hydrogen-bond acceptors (Lipinski definition) is 3. The van der Waals surface area contributed by atoms with E-state index in [1.54, 1.807) is 0 Å². The summed E-state index contributed by atoms with van der Waals surface area (Å²) in [6, 6.07) is 7.76. The molecule has 0 aliphatic heterocycles. The lowest BCUT2D eigenvalue weighted by Gasteiger charge is -2.09. The molecule has 0 amide bonds. The molecule has 1 rings (SSSR count). The first kappa shape index (κ1) is 11.9. The molecule has 1 aromatic carbocycles. The normalized spacial score (nSPS) is 10.2. The first-order valence-corrected chi connectivity index (χ1v) is 5.50. The third-order valence-corrected chi connectivity index (χ3v) is 2.16. The van der Waals surface area contributed by atoms with Gasteiger partial charge in [-0.3, -0.25) is 0 Å². The summed E-state index contributed by atoms with van der Waals surface area (Å²) in [6.45, 7) is 4.54. The van der Waals surface area contributed by atoms with Crippen LogP contribution in [0, 0.1) is 0 Å². The van der Waals surface area contributed by atoms with Crippen molar-refractivity contribution in [2.45, 2.75) is 19.8 Å². The molecule has 0 fully saturated rings. The van der Waals surface area contributed by atoms with Gasteiger partial charge in [0.05, 0.1) is 18.0 Å². The number of anilines is 2. The van der Waals surface area contributed by atoms with Gasteiger partial charge < -0.3 is 15.8 Å². The number of para-hydroxylation sites is 2. The van der Waals surface area contributed by atoms with Crippen molar-refractivity contribution in [1.29, 1.82) is 0 Å². The largest absolute Gasteiger partial charge is 0.397 e. The highest BCUT2D eigenvalue weighted by atomic mass is 16.5. The van der Waals surface area contributed by atoms with E-state index in [4.69, 9.17) is 10.5 Å². The number of unbranched alkanes of at least 4 members (excludes halogenated alkanes) is 1. The van der Waals surface area contributed by atoms with E-state index in [1.165, 1.54) is 6.42 Å². The zero-order valence-corrected chi connectivity index (χ0v) is 9.33. The predicted octanol–water partition coefficient (Wildman–Crippen LogP) is 2.50. The molecule has 0 aliphatic carbocycles. The highest BCUT2D eigenvalue weighted by Gasteiger charge is 1.95. The minimum atomic E-state index is 0.730. The Labute approximate surface area is 91.6 Å². The maximum absolute atomic E-state index is 5.78. The Morgan fingerprint density at radius 2 is 2.07 bits per heavy atom. The number of nitrogen functional groups attached to an aromatic ring is 1. The Hall–Kier alpha value is -1.22. The molecule has 3 heteroatoms. The summed E-state index contributed by atoms with van der Waals surface area (Å²) in [7, 11) is 0. The van der Waals surface area contributed by atoms with Crippen LogP contribution in [0.1, 0.15) is 19.8 Å². The number of nitrogens with one attached hydrogen (secondary N) is 1. The number of rotatable bonds is 7. The van der Waals surface area contributed by atoms with Gasteiger partial charge in [-0.05, 0) is 18.6 Å². The SMILES string of the molecule is CCCCOCCNc1ccccc1N. The molecule has 3 N–H and O–H groups in total. The first-order chi connectivity index (χ1) is 7.34. The van der Waals surface area contributed by atoms with Gasteiger partial charge in [-0.1, -0.05) is 25.5 Å². The van der Waals surface area contributed by atoms with Crippen LogP contribution in [0.15, 0.2) is 24.3 Å². The highest BCUT2D eigenvalue weighted by Crippen LogP contribution is 2.15. The molecule has 0 atom stereocenters. The van der Waals surface area contributed by atoms with Crippen molar-refractivity contribution in [1.82, 2.24) is 0 Å². The van der Waals surface area contributed by atoms with Crippen molar-refractivity contribution in [2.75, 3.05) is 30.8 Å². The van der Waals surface area contributed by atoms with Crippen LogP contribution in [0.3, 0.4) is 0 Å². The maximum Gasteiger partial charge on any atom is 0.0639 e. The molecule has 84 valence electrons. The Kier molecular flexibility index (Phi) is 5.63. The maximum atomic E-state index is 5.78. The van der Waals surface area contributed by atoms with Crippen molar-refractivity contribution in [3.63, 3.8) is 0 Å². The van der Waals surface area contributed by atoms with Crippen LogP contribution in [0.5, 0.6) is 0 Å². The molecule has 0 saturated heterocycles. The summed E-state index contributed by atoms with van der Waals surface area (Å²) < 4.78 is 5.43. The average Bonchev–Trinajstić information content (AvgIpc) is 2.25. The molecular weight excluding hydrogens is 188 g/mol. The van der Waals surface area contributed by atoms with Crippen LogP contribution in [0.2, 0.25) is 0 Å². The van der Waals surface area contributed by atoms with Crippen molar-refractivity contribution in [3.8, 4) is 0 Å². The Balaban J connectivity index is 2.12. The van der Waals surface area contributed by atoms with Gasteiger partial charge in [0.1, 0.15) is 0 Å². The van der Waals surface area contributed by atoms with Crippen LogP contribution < -0.4 is 11.1 Å². The molecule has 0 unspecified atom stereocenters. The quantitative estimate of drug-likeness (QED) is 0.534. The Morgan fingerprint density at radius 3 is 2.80 bits per heavy atom. The second-order valence-electron chi connectivity index (χ2n) is 3.48. The Morgan fingerprint density at radius 1 is 1.27 bits per heavy atom. The van der Waals surface area contributed by atoms with Crippen LogP contribution in [0.4, 0.5) is 11.4 Å². The minimum Gasteiger partial charge on any atom is -0.397 e. The molecule has 3 nitrogen and oxygen atoms in total. The lowest BCUT2D eigenvalue weighted by Crippen LogP contribution is -2.11. The third kappa shape index (κ3) is 4.70. The van der Waals surface area contributed by atoms with Crippen molar-refractivity contribution < 1.29 is 4.74 Å². The lowest BCUT2D eigenvalue weighted by atomic mass is 10.3. The molecule has 0 heterocycles. The fraction of sp³-hybridized carbons (Fsp3) is 0.500. The van der Waals surface area contributed by atoms with Crippen molar-refractivity contribution in [2.24, 2.45) is 0 Å². The fourth-order valence-electron chi connectivity index (χ4n) is 1.26. The average molecular weight is 208 g/mol. The van der Waals surface area contributed by atoms with Crippen LogP contribution >= 0.6 is 0 Å². The van der Waals surface area contributed by atoms with Crippen molar-refractivity contribution in [3.05, 3.63) is 24.3 Å². The van der Waals surface area contributed by atoms with Gasteiger partial charge in [-0.25, -0.2) is 0 Å². The number of benzene rings is 1. The van der Waals surface area contributed by atoms with Crippen LogP contribution in [-0.4, -0.2) is 19.8 Å². The monoisotopic (exact) mass is 208 g/mol. The van der Waals surface area contributed by atoms with E-state index in [-0.39, 0.29) is 0 Å². The van der Waals surface area contributed by atoms with Crippen LogP contribution in [-0.2, 0) is 4.74 Å².